The van der Waals surface area contributed by atoms with Gasteiger partial charge in [0.2, 0.25) is 10.0 Å². The maximum absolute atomic E-state index is 13.7. The zero-order chi connectivity index (χ0) is 22.9. The van der Waals surface area contributed by atoms with Gasteiger partial charge in [0.1, 0.15) is 0 Å². The molecule has 0 aromatic heterocycles. The standard InChI is InChI=1S/C27H32N2O2S/c1-20-19-21(2)23(4)27(22(20)3)32(30,31)29-17-15-28(16-18-29)26(24-11-7-5-8-12-24)25-13-9-6-10-14-25/h5-14,19,26H,15-18H2,1-4H3. The zero-order valence-corrected chi connectivity index (χ0v) is 20.2. The third-order valence-electron chi connectivity index (χ3n) is 6.76. The summed E-state index contributed by atoms with van der Waals surface area (Å²) in [6.45, 7) is 10.2. The highest BCUT2D eigenvalue weighted by Gasteiger charge is 2.34. The first-order valence-electron chi connectivity index (χ1n) is 11.2. The van der Waals surface area contributed by atoms with Crippen LogP contribution in [0.1, 0.15) is 39.4 Å². The van der Waals surface area contributed by atoms with E-state index in [0.717, 1.165) is 22.3 Å². The molecule has 0 atom stereocenters. The van der Waals surface area contributed by atoms with Crippen molar-refractivity contribution < 1.29 is 8.42 Å². The number of piperazine rings is 1. The van der Waals surface area contributed by atoms with E-state index in [1.807, 2.05) is 39.8 Å². The molecule has 3 aromatic rings. The molecule has 1 fully saturated rings. The summed E-state index contributed by atoms with van der Waals surface area (Å²) in [6, 6.07) is 23.1. The van der Waals surface area contributed by atoms with Crippen molar-refractivity contribution in [2.75, 3.05) is 26.2 Å². The van der Waals surface area contributed by atoms with Crippen LogP contribution in [-0.2, 0) is 10.0 Å². The van der Waals surface area contributed by atoms with E-state index in [-0.39, 0.29) is 6.04 Å². The number of hydrogen-bond donors (Lipinski definition) is 0. The summed E-state index contributed by atoms with van der Waals surface area (Å²) in [4.78, 5) is 2.89. The van der Waals surface area contributed by atoms with Gasteiger partial charge in [0.25, 0.3) is 0 Å². The second kappa shape index (κ2) is 9.18. The molecule has 0 saturated carbocycles. The molecule has 0 amide bonds. The Balaban J connectivity index is 1.61. The van der Waals surface area contributed by atoms with Crippen molar-refractivity contribution in [3.63, 3.8) is 0 Å². The van der Waals surface area contributed by atoms with Crippen LogP contribution in [-0.4, -0.2) is 43.8 Å². The van der Waals surface area contributed by atoms with Gasteiger partial charge in [0.15, 0.2) is 0 Å². The fourth-order valence-electron chi connectivity index (χ4n) is 4.78. The summed E-state index contributed by atoms with van der Waals surface area (Å²) in [6.07, 6.45) is 0. The zero-order valence-electron chi connectivity index (χ0n) is 19.4. The molecular weight excluding hydrogens is 416 g/mol. The Kier molecular flexibility index (Phi) is 6.52. The topological polar surface area (TPSA) is 40.6 Å². The summed E-state index contributed by atoms with van der Waals surface area (Å²) in [5.74, 6) is 0. The largest absolute Gasteiger partial charge is 0.290 e. The first kappa shape index (κ1) is 22.7. The average molecular weight is 449 g/mol. The number of sulfonamides is 1. The molecule has 0 spiro atoms. The predicted octanol–water partition coefficient (Wildman–Crippen LogP) is 5.02. The Bertz CT molecular complexity index is 1120. The summed E-state index contributed by atoms with van der Waals surface area (Å²) in [5, 5.41) is 0. The first-order chi connectivity index (χ1) is 15.3. The molecule has 168 valence electrons. The molecule has 1 saturated heterocycles. The maximum Gasteiger partial charge on any atom is 0.243 e. The SMILES string of the molecule is Cc1cc(C)c(C)c(S(=O)(=O)N2CCN(C(c3ccccc3)c3ccccc3)CC2)c1C. The fraction of sp³-hybridized carbons (Fsp3) is 0.333. The van der Waals surface area contributed by atoms with Gasteiger partial charge in [-0.1, -0.05) is 66.7 Å². The van der Waals surface area contributed by atoms with Crippen LogP contribution in [0.5, 0.6) is 0 Å². The van der Waals surface area contributed by atoms with Crippen molar-refractivity contribution in [2.45, 2.75) is 38.6 Å². The van der Waals surface area contributed by atoms with Crippen molar-refractivity contribution in [1.29, 1.82) is 0 Å². The molecule has 0 radical (unpaired) electrons. The molecule has 1 aliphatic heterocycles. The molecule has 32 heavy (non-hydrogen) atoms. The minimum Gasteiger partial charge on any atom is -0.290 e. The quantitative estimate of drug-likeness (QED) is 0.551. The second-order valence-corrected chi connectivity index (χ2v) is 10.6. The van der Waals surface area contributed by atoms with E-state index in [1.54, 1.807) is 4.31 Å². The van der Waals surface area contributed by atoms with E-state index in [4.69, 9.17) is 0 Å². The lowest BCUT2D eigenvalue weighted by molar-refractivity contribution is 0.155. The van der Waals surface area contributed by atoms with E-state index in [1.165, 1.54) is 11.1 Å². The van der Waals surface area contributed by atoms with Crippen molar-refractivity contribution in [3.05, 3.63) is 100 Å². The number of aryl methyl sites for hydroxylation is 2. The van der Waals surface area contributed by atoms with Gasteiger partial charge in [-0.3, -0.25) is 4.90 Å². The molecule has 3 aromatic carbocycles. The van der Waals surface area contributed by atoms with Crippen LogP contribution in [0, 0.1) is 27.7 Å². The Morgan fingerprint density at radius 1 is 0.688 bits per heavy atom. The number of nitrogens with zero attached hydrogens (tertiary/aromatic N) is 2. The summed E-state index contributed by atoms with van der Waals surface area (Å²) >= 11 is 0. The average Bonchev–Trinajstić information content (AvgIpc) is 2.80. The second-order valence-electron chi connectivity index (χ2n) is 8.75. The van der Waals surface area contributed by atoms with Gasteiger partial charge in [-0.15, -0.1) is 0 Å². The molecule has 0 bridgehead atoms. The third-order valence-corrected chi connectivity index (χ3v) is 8.94. The molecule has 5 heteroatoms. The van der Waals surface area contributed by atoms with E-state index in [9.17, 15) is 8.42 Å². The summed E-state index contributed by atoms with van der Waals surface area (Å²) in [7, 11) is -3.54. The first-order valence-corrected chi connectivity index (χ1v) is 12.7. The minimum absolute atomic E-state index is 0.118. The smallest absolute Gasteiger partial charge is 0.243 e. The van der Waals surface area contributed by atoms with Gasteiger partial charge in [0, 0.05) is 26.2 Å². The van der Waals surface area contributed by atoms with Gasteiger partial charge in [-0.25, -0.2) is 8.42 Å². The Morgan fingerprint density at radius 2 is 1.12 bits per heavy atom. The van der Waals surface area contributed by atoms with E-state index in [0.29, 0.717) is 31.1 Å². The normalized spacial score (nSPS) is 15.9. The lowest BCUT2D eigenvalue weighted by atomic mass is 9.96. The van der Waals surface area contributed by atoms with Gasteiger partial charge >= 0.3 is 0 Å². The fourth-order valence-corrected chi connectivity index (χ4v) is 6.78. The van der Waals surface area contributed by atoms with Gasteiger partial charge in [-0.2, -0.15) is 4.31 Å². The third kappa shape index (κ3) is 4.25. The van der Waals surface area contributed by atoms with E-state index in [2.05, 4.69) is 59.5 Å². The van der Waals surface area contributed by atoms with Crippen LogP contribution in [0.3, 0.4) is 0 Å². The molecule has 4 nitrogen and oxygen atoms in total. The molecule has 4 rings (SSSR count). The van der Waals surface area contributed by atoms with Gasteiger partial charge in [-0.05, 0) is 61.1 Å². The lowest BCUT2D eigenvalue weighted by Gasteiger charge is -2.39. The van der Waals surface area contributed by atoms with Crippen molar-refractivity contribution >= 4 is 10.0 Å². The maximum atomic E-state index is 13.7. The number of rotatable bonds is 5. The summed E-state index contributed by atoms with van der Waals surface area (Å²) < 4.78 is 29.0. The minimum atomic E-state index is -3.54. The van der Waals surface area contributed by atoms with E-state index >= 15 is 0 Å². The Hall–Kier alpha value is -2.47. The Labute approximate surface area is 192 Å². The lowest BCUT2D eigenvalue weighted by Crippen LogP contribution is -2.50. The number of hydrogen-bond acceptors (Lipinski definition) is 3. The van der Waals surface area contributed by atoms with Gasteiger partial charge < -0.3 is 0 Å². The molecular formula is C27H32N2O2S. The van der Waals surface area contributed by atoms with Crippen LogP contribution in [0.15, 0.2) is 71.6 Å². The van der Waals surface area contributed by atoms with Crippen molar-refractivity contribution in [1.82, 2.24) is 9.21 Å². The molecule has 1 aliphatic rings. The predicted molar refractivity (Wildman–Crippen MR) is 130 cm³/mol. The molecule has 0 unspecified atom stereocenters. The number of benzene rings is 3. The molecule has 0 aliphatic carbocycles. The summed E-state index contributed by atoms with van der Waals surface area (Å²) in [5.41, 5.74) is 6.24. The highest BCUT2D eigenvalue weighted by atomic mass is 32.2. The Morgan fingerprint density at radius 3 is 1.56 bits per heavy atom. The van der Waals surface area contributed by atoms with Crippen LogP contribution in [0.2, 0.25) is 0 Å². The highest BCUT2D eigenvalue weighted by molar-refractivity contribution is 7.89. The molecule has 1 heterocycles. The van der Waals surface area contributed by atoms with Crippen LogP contribution in [0.4, 0.5) is 0 Å². The van der Waals surface area contributed by atoms with Gasteiger partial charge in [0.05, 0.1) is 10.9 Å². The molecule has 0 N–H and O–H groups in total. The highest BCUT2D eigenvalue weighted by Crippen LogP contribution is 2.32. The van der Waals surface area contributed by atoms with E-state index < -0.39 is 10.0 Å². The van der Waals surface area contributed by atoms with Crippen LogP contribution < -0.4 is 0 Å². The van der Waals surface area contributed by atoms with Crippen molar-refractivity contribution in [3.8, 4) is 0 Å². The monoisotopic (exact) mass is 448 g/mol. The van der Waals surface area contributed by atoms with Crippen LogP contribution in [0.25, 0.3) is 0 Å². The van der Waals surface area contributed by atoms with Crippen LogP contribution >= 0.6 is 0 Å². The van der Waals surface area contributed by atoms with Crippen molar-refractivity contribution in [2.24, 2.45) is 0 Å².